The van der Waals surface area contributed by atoms with Crippen LogP contribution in [0.25, 0.3) is 0 Å². The number of carbonyl (C=O) groups is 1. The maximum absolute atomic E-state index is 9.93. The number of benzene rings is 1. The summed E-state index contributed by atoms with van der Waals surface area (Å²) in [4.78, 5) is 9.93. The third-order valence-corrected chi connectivity index (χ3v) is 1.70. The lowest BCUT2D eigenvalue weighted by molar-refractivity contribution is -0.104. The molecule has 0 aromatic heterocycles. The van der Waals surface area contributed by atoms with E-state index >= 15 is 0 Å². The van der Waals surface area contributed by atoms with Crippen molar-refractivity contribution < 1.29 is 4.79 Å². The van der Waals surface area contributed by atoms with Crippen LogP contribution in [0.15, 0.2) is 36.4 Å². The van der Waals surface area contributed by atoms with Crippen LogP contribution in [0.4, 0.5) is 5.69 Å². The summed E-state index contributed by atoms with van der Waals surface area (Å²) in [7, 11) is 0. The summed E-state index contributed by atoms with van der Waals surface area (Å²) >= 11 is 5.77. The van der Waals surface area contributed by atoms with E-state index in [1.165, 1.54) is 6.08 Å². The minimum absolute atomic E-state index is 0.624. The van der Waals surface area contributed by atoms with E-state index in [4.69, 9.17) is 11.6 Å². The van der Waals surface area contributed by atoms with E-state index in [1.54, 1.807) is 6.08 Å². The molecule has 0 bridgehead atoms. The molecule has 0 saturated heterocycles. The van der Waals surface area contributed by atoms with Gasteiger partial charge in [-0.2, -0.15) is 0 Å². The Morgan fingerprint density at radius 3 is 3.00 bits per heavy atom. The fourth-order valence-corrected chi connectivity index (χ4v) is 1.09. The van der Waals surface area contributed by atoms with E-state index in [1.807, 2.05) is 24.3 Å². The van der Waals surface area contributed by atoms with Crippen LogP contribution in [0.5, 0.6) is 0 Å². The first kappa shape index (κ1) is 9.81. The van der Waals surface area contributed by atoms with Crippen LogP contribution in [0, 0.1) is 0 Å². The van der Waals surface area contributed by atoms with Crippen molar-refractivity contribution in [3.8, 4) is 0 Å². The van der Waals surface area contributed by atoms with Gasteiger partial charge in [-0.05, 0) is 24.3 Å². The number of hydrogen-bond acceptors (Lipinski definition) is 2. The first-order valence-electron chi connectivity index (χ1n) is 3.92. The Bertz CT molecular complexity index is 310. The summed E-state index contributed by atoms with van der Waals surface area (Å²) in [5.41, 5.74) is 0.947. The number of anilines is 1. The van der Waals surface area contributed by atoms with Crippen molar-refractivity contribution in [3.63, 3.8) is 0 Å². The minimum atomic E-state index is 0.624. The van der Waals surface area contributed by atoms with Crippen molar-refractivity contribution >= 4 is 23.6 Å². The Hall–Kier alpha value is -1.28. The molecule has 1 N–H and O–H groups in total. The molecule has 0 amide bonds. The Labute approximate surface area is 82.2 Å². The number of aldehydes is 1. The number of carbonyl (C=O) groups excluding carboxylic acids is 1. The highest BCUT2D eigenvalue weighted by Crippen LogP contribution is 2.14. The van der Waals surface area contributed by atoms with E-state index in [-0.39, 0.29) is 0 Å². The van der Waals surface area contributed by atoms with Crippen LogP contribution in [0.2, 0.25) is 5.02 Å². The van der Waals surface area contributed by atoms with Gasteiger partial charge in [0.05, 0.1) is 0 Å². The lowest BCUT2D eigenvalue weighted by atomic mass is 10.3. The standard InChI is InChI=1S/C10H10ClNO/c11-9-4-3-5-10(8-9)12-6-1-2-7-13/h1-5,7-8,12H,6H2/b2-1+. The Kier molecular flexibility index (Phi) is 4.06. The third-order valence-electron chi connectivity index (χ3n) is 1.46. The van der Waals surface area contributed by atoms with E-state index in [0.29, 0.717) is 11.6 Å². The molecule has 1 aromatic rings. The van der Waals surface area contributed by atoms with Gasteiger partial charge >= 0.3 is 0 Å². The molecule has 0 aliphatic rings. The predicted octanol–water partition coefficient (Wildman–Crippen LogP) is 2.51. The monoisotopic (exact) mass is 195 g/mol. The molecule has 3 heteroatoms. The highest BCUT2D eigenvalue weighted by atomic mass is 35.5. The zero-order chi connectivity index (χ0) is 9.52. The molecule has 0 heterocycles. The summed E-state index contributed by atoms with van der Waals surface area (Å²) in [6.07, 6.45) is 3.95. The number of hydrogen-bond donors (Lipinski definition) is 1. The molecule has 68 valence electrons. The normalized spacial score (nSPS) is 10.2. The van der Waals surface area contributed by atoms with Crippen LogP contribution in [-0.4, -0.2) is 12.8 Å². The van der Waals surface area contributed by atoms with Crippen molar-refractivity contribution in [2.75, 3.05) is 11.9 Å². The third kappa shape index (κ3) is 3.76. The van der Waals surface area contributed by atoms with Gasteiger partial charge in [-0.15, -0.1) is 0 Å². The second-order valence-corrected chi connectivity index (χ2v) is 2.89. The summed E-state index contributed by atoms with van der Waals surface area (Å²) in [5.74, 6) is 0. The van der Waals surface area contributed by atoms with Crippen molar-refractivity contribution in [2.24, 2.45) is 0 Å². The molecular weight excluding hydrogens is 186 g/mol. The SMILES string of the molecule is O=C/C=C/CNc1cccc(Cl)c1. The maximum Gasteiger partial charge on any atom is 0.142 e. The molecule has 1 aromatic carbocycles. The van der Waals surface area contributed by atoms with E-state index in [2.05, 4.69) is 5.32 Å². The molecule has 13 heavy (non-hydrogen) atoms. The molecule has 0 saturated carbocycles. The zero-order valence-corrected chi connectivity index (χ0v) is 7.79. The second-order valence-electron chi connectivity index (χ2n) is 2.46. The van der Waals surface area contributed by atoms with E-state index < -0.39 is 0 Å². The topological polar surface area (TPSA) is 29.1 Å². The zero-order valence-electron chi connectivity index (χ0n) is 7.03. The molecule has 2 nitrogen and oxygen atoms in total. The van der Waals surface area contributed by atoms with Gasteiger partial charge in [0.2, 0.25) is 0 Å². The van der Waals surface area contributed by atoms with Gasteiger partial charge in [-0.1, -0.05) is 23.7 Å². The van der Waals surface area contributed by atoms with Gasteiger partial charge in [0.1, 0.15) is 6.29 Å². The van der Waals surface area contributed by atoms with Gasteiger partial charge in [0, 0.05) is 17.3 Å². The van der Waals surface area contributed by atoms with Crippen molar-refractivity contribution in [1.82, 2.24) is 0 Å². The van der Waals surface area contributed by atoms with Gasteiger partial charge in [0.25, 0.3) is 0 Å². The maximum atomic E-state index is 9.93. The number of halogens is 1. The lowest BCUT2D eigenvalue weighted by Crippen LogP contribution is -1.97. The number of nitrogens with one attached hydrogen (secondary N) is 1. The average Bonchev–Trinajstić information content (AvgIpc) is 2.13. The molecule has 0 atom stereocenters. The highest BCUT2D eigenvalue weighted by molar-refractivity contribution is 6.30. The summed E-state index contributed by atoms with van der Waals surface area (Å²) in [6, 6.07) is 7.43. The fourth-order valence-electron chi connectivity index (χ4n) is 0.899. The van der Waals surface area contributed by atoms with Gasteiger partial charge in [-0.3, -0.25) is 4.79 Å². The second kappa shape index (κ2) is 5.38. The molecule has 0 radical (unpaired) electrons. The Morgan fingerprint density at radius 2 is 2.31 bits per heavy atom. The Balaban J connectivity index is 2.45. The van der Waals surface area contributed by atoms with Crippen molar-refractivity contribution in [1.29, 1.82) is 0 Å². The van der Waals surface area contributed by atoms with Crippen molar-refractivity contribution in [2.45, 2.75) is 0 Å². The minimum Gasteiger partial charge on any atom is -0.382 e. The smallest absolute Gasteiger partial charge is 0.142 e. The molecule has 1 rings (SSSR count). The molecule has 0 fully saturated rings. The van der Waals surface area contributed by atoms with Gasteiger partial charge < -0.3 is 5.32 Å². The van der Waals surface area contributed by atoms with Crippen molar-refractivity contribution in [3.05, 3.63) is 41.4 Å². The lowest BCUT2D eigenvalue weighted by Gasteiger charge is -2.02. The van der Waals surface area contributed by atoms with Crippen LogP contribution >= 0.6 is 11.6 Å². The summed E-state index contributed by atoms with van der Waals surface area (Å²) in [6.45, 7) is 0.624. The summed E-state index contributed by atoms with van der Waals surface area (Å²) in [5, 5.41) is 3.79. The predicted molar refractivity (Wildman–Crippen MR) is 55.1 cm³/mol. The fraction of sp³-hybridized carbons (Fsp3) is 0.100. The Morgan fingerprint density at radius 1 is 1.46 bits per heavy atom. The van der Waals surface area contributed by atoms with E-state index in [9.17, 15) is 4.79 Å². The molecule has 0 unspecified atom stereocenters. The van der Waals surface area contributed by atoms with Gasteiger partial charge in [0.15, 0.2) is 0 Å². The molecular formula is C10H10ClNO. The number of allylic oxidation sites excluding steroid dienone is 1. The molecule has 0 spiro atoms. The highest BCUT2D eigenvalue weighted by Gasteiger charge is 1.89. The van der Waals surface area contributed by atoms with Crippen LogP contribution < -0.4 is 5.32 Å². The van der Waals surface area contributed by atoms with Crippen LogP contribution in [0.3, 0.4) is 0 Å². The first-order chi connectivity index (χ1) is 6.33. The first-order valence-corrected chi connectivity index (χ1v) is 4.30. The average molecular weight is 196 g/mol. The van der Waals surface area contributed by atoms with E-state index in [0.717, 1.165) is 12.0 Å². The molecule has 0 aliphatic heterocycles. The number of rotatable bonds is 4. The van der Waals surface area contributed by atoms with Gasteiger partial charge in [-0.25, -0.2) is 0 Å². The summed E-state index contributed by atoms with van der Waals surface area (Å²) < 4.78 is 0. The van der Waals surface area contributed by atoms with Crippen LogP contribution in [-0.2, 0) is 4.79 Å². The largest absolute Gasteiger partial charge is 0.382 e. The quantitative estimate of drug-likeness (QED) is 0.591. The van der Waals surface area contributed by atoms with Crippen LogP contribution in [0.1, 0.15) is 0 Å². The molecule has 0 aliphatic carbocycles.